The van der Waals surface area contributed by atoms with Crippen LogP contribution in [0.5, 0.6) is 0 Å². The average molecular weight is 500 g/mol. The number of amides is 3. The third-order valence-electron chi connectivity index (χ3n) is 5.51. The molecule has 2 fully saturated rings. The normalized spacial score (nSPS) is 25.3. The summed E-state index contributed by atoms with van der Waals surface area (Å²) in [5.74, 6) is -1.08. The Morgan fingerprint density at radius 2 is 1.54 bits per heavy atom. The van der Waals surface area contributed by atoms with Gasteiger partial charge in [0.05, 0.1) is 6.61 Å². The van der Waals surface area contributed by atoms with E-state index >= 15 is 0 Å². The monoisotopic (exact) mass is 499 g/mol. The van der Waals surface area contributed by atoms with Gasteiger partial charge in [0, 0.05) is 32.1 Å². The minimum absolute atomic E-state index is 0.0686. The Balaban J connectivity index is 2.21. The van der Waals surface area contributed by atoms with Gasteiger partial charge in [-0.05, 0) is 81.2 Å². The predicted octanol–water partition coefficient (Wildman–Crippen LogP) is 3.67. The summed E-state index contributed by atoms with van der Waals surface area (Å²) in [6.45, 7) is 16.5. The molecule has 2 rings (SSSR count). The zero-order chi connectivity index (χ0) is 26.4. The van der Waals surface area contributed by atoms with Crippen molar-refractivity contribution in [2.45, 2.75) is 110 Å². The molecule has 0 saturated carbocycles. The Labute approximate surface area is 209 Å². The first kappa shape index (κ1) is 29.3. The zero-order valence-corrected chi connectivity index (χ0v) is 22.8. The number of ether oxygens (including phenoxy) is 4. The fourth-order valence-electron chi connectivity index (χ4n) is 3.94. The number of rotatable bonds is 1. The second-order valence-electron chi connectivity index (χ2n) is 11.7. The first-order chi connectivity index (χ1) is 16.1. The van der Waals surface area contributed by atoms with Gasteiger partial charge in [-0.25, -0.2) is 14.5 Å². The summed E-state index contributed by atoms with van der Waals surface area (Å²) in [4.78, 5) is 41.8. The van der Waals surface area contributed by atoms with Crippen molar-refractivity contribution in [1.82, 2.24) is 15.1 Å². The SMILES string of the molecule is CC(C)(C)OC(=O)N1CCCCNC([C@H]2COC(C)(C)O2)CC(=O)N(C(=O)OC(C)(C)C)CCC1. The molecule has 1 unspecified atom stereocenters. The quantitative estimate of drug-likeness (QED) is 0.582. The van der Waals surface area contributed by atoms with Gasteiger partial charge in [-0.3, -0.25) is 4.79 Å². The summed E-state index contributed by atoms with van der Waals surface area (Å²) < 4.78 is 22.8. The van der Waals surface area contributed by atoms with Crippen LogP contribution in [-0.4, -0.2) is 89.8 Å². The molecule has 1 N–H and O–H groups in total. The minimum atomic E-state index is -0.745. The summed E-state index contributed by atoms with van der Waals surface area (Å²) in [5.41, 5.74) is -1.35. The lowest BCUT2D eigenvalue weighted by atomic mass is 10.1. The van der Waals surface area contributed by atoms with Crippen molar-refractivity contribution < 1.29 is 33.3 Å². The Morgan fingerprint density at radius 1 is 0.943 bits per heavy atom. The summed E-state index contributed by atoms with van der Waals surface area (Å²) in [7, 11) is 0. The van der Waals surface area contributed by atoms with Crippen LogP contribution in [-0.2, 0) is 23.7 Å². The molecule has 2 saturated heterocycles. The number of carbonyl (C=O) groups excluding carboxylic acids is 3. The molecule has 0 radical (unpaired) electrons. The standard InChI is InChI=1S/C25H45N3O7/c1-23(2,3)34-21(30)27-13-10-9-12-26-18(19-17-32-25(7,8)33-19)16-20(29)28(15-11-14-27)22(31)35-24(4,5)6/h18-19,26H,9-17H2,1-8H3/t18?,19-/m1/s1. The Bertz CT molecular complexity index is 742. The highest BCUT2D eigenvalue weighted by molar-refractivity contribution is 5.92. The second kappa shape index (κ2) is 11.9. The summed E-state index contributed by atoms with van der Waals surface area (Å²) in [6.07, 6.45) is 0.651. The van der Waals surface area contributed by atoms with Gasteiger partial charge in [-0.2, -0.15) is 0 Å². The molecule has 0 aliphatic carbocycles. The van der Waals surface area contributed by atoms with E-state index in [0.717, 1.165) is 17.7 Å². The van der Waals surface area contributed by atoms with Gasteiger partial charge >= 0.3 is 12.2 Å². The number of imide groups is 1. The van der Waals surface area contributed by atoms with E-state index in [4.69, 9.17) is 18.9 Å². The highest BCUT2D eigenvalue weighted by Gasteiger charge is 2.39. The third kappa shape index (κ3) is 10.3. The summed E-state index contributed by atoms with van der Waals surface area (Å²) in [6, 6.07) is -0.322. The van der Waals surface area contributed by atoms with E-state index < -0.39 is 29.2 Å². The highest BCUT2D eigenvalue weighted by atomic mass is 16.7. The van der Waals surface area contributed by atoms with Crippen molar-refractivity contribution in [3.8, 4) is 0 Å². The maximum atomic E-state index is 13.4. The van der Waals surface area contributed by atoms with E-state index in [2.05, 4.69) is 5.32 Å². The third-order valence-corrected chi connectivity index (χ3v) is 5.51. The van der Waals surface area contributed by atoms with Gasteiger partial charge in [-0.1, -0.05) is 0 Å². The van der Waals surface area contributed by atoms with Crippen LogP contribution in [0.1, 0.15) is 81.1 Å². The number of hydrogen-bond donors (Lipinski definition) is 1. The molecule has 10 nitrogen and oxygen atoms in total. The van der Waals surface area contributed by atoms with E-state index in [1.165, 1.54) is 0 Å². The summed E-state index contributed by atoms with van der Waals surface area (Å²) >= 11 is 0. The predicted molar refractivity (Wildman–Crippen MR) is 131 cm³/mol. The fraction of sp³-hybridized carbons (Fsp3) is 0.880. The van der Waals surface area contributed by atoms with Crippen molar-refractivity contribution in [1.29, 1.82) is 0 Å². The smallest absolute Gasteiger partial charge is 0.417 e. The van der Waals surface area contributed by atoms with Gasteiger partial charge in [0.25, 0.3) is 0 Å². The molecule has 2 atom stereocenters. The molecule has 0 aromatic rings. The Morgan fingerprint density at radius 3 is 2.11 bits per heavy atom. The lowest BCUT2D eigenvalue weighted by molar-refractivity contribution is -0.145. The number of nitrogens with one attached hydrogen (secondary N) is 1. The number of hydrogen-bond acceptors (Lipinski definition) is 8. The van der Waals surface area contributed by atoms with E-state index in [0.29, 0.717) is 32.7 Å². The van der Waals surface area contributed by atoms with Crippen molar-refractivity contribution in [3.63, 3.8) is 0 Å². The molecule has 3 amide bonds. The van der Waals surface area contributed by atoms with Crippen LogP contribution in [0.2, 0.25) is 0 Å². The molecule has 0 aromatic carbocycles. The lowest BCUT2D eigenvalue weighted by Crippen LogP contribution is -2.48. The van der Waals surface area contributed by atoms with E-state index in [9.17, 15) is 14.4 Å². The van der Waals surface area contributed by atoms with Crippen LogP contribution >= 0.6 is 0 Å². The van der Waals surface area contributed by atoms with Crippen LogP contribution in [0.4, 0.5) is 9.59 Å². The molecular formula is C25H45N3O7. The van der Waals surface area contributed by atoms with Crippen LogP contribution < -0.4 is 5.32 Å². The molecular weight excluding hydrogens is 454 g/mol. The lowest BCUT2D eigenvalue weighted by Gasteiger charge is -2.30. The number of carbonyl (C=O) groups is 3. The van der Waals surface area contributed by atoms with Crippen LogP contribution in [0, 0.1) is 0 Å². The van der Waals surface area contributed by atoms with Gasteiger partial charge in [0.15, 0.2) is 5.79 Å². The van der Waals surface area contributed by atoms with Crippen molar-refractivity contribution >= 4 is 18.1 Å². The van der Waals surface area contributed by atoms with E-state index in [1.807, 2.05) is 34.6 Å². The van der Waals surface area contributed by atoms with E-state index in [-0.39, 0.29) is 31.0 Å². The summed E-state index contributed by atoms with van der Waals surface area (Å²) in [5, 5.41) is 3.42. The first-order valence-electron chi connectivity index (χ1n) is 12.6. The molecule has 0 spiro atoms. The molecule has 2 heterocycles. The Kier molecular flexibility index (Phi) is 9.96. The minimum Gasteiger partial charge on any atom is -0.444 e. The Hall–Kier alpha value is -1.91. The van der Waals surface area contributed by atoms with Crippen LogP contribution in [0.3, 0.4) is 0 Å². The van der Waals surface area contributed by atoms with Gasteiger partial charge < -0.3 is 29.2 Å². The molecule has 2 aliphatic heterocycles. The maximum absolute atomic E-state index is 13.4. The van der Waals surface area contributed by atoms with Gasteiger partial charge in [0.1, 0.15) is 17.3 Å². The molecule has 0 bridgehead atoms. The zero-order valence-electron chi connectivity index (χ0n) is 22.8. The largest absolute Gasteiger partial charge is 0.444 e. The van der Waals surface area contributed by atoms with Crippen LogP contribution in [0.25, 0.3) is 0 Å². The number of nitrogens with zero attached hydrogens (tertiary/aromatic N) is 2. The van der Waals surface area contributed by atoms with Crippen LogP contribution in [0.15, 0.2) is 0 Å². The second-order valence-corrected chi connectivity index (χ2v) is 11.7. The maximum Gasteiger partial charge on any atom is 0.417 e. The molecule has 2 aliphatic rings. The molecule has 0 aromatic heterocycles. The van der Waals surface area contributed by atoms with Crippen molar-refractivity contribution in [2.75, 3.05) is 32.8 Å². The van der Waals surface area contributed by atoms with Gasteiger partial charge in [0.2, 0.25) is 5.91 Å². The first-order valence-corrected chi connectivity index (χ1v) is 12.6. The van der Waals surface area contributed by atoms with Crippen molar-refractivity contribution in [3.05, 3.63) is 0 Å². The van der Waals surface area contributed by atoms with E-state index in [1.54, 1.807) is 25.7 Å². The molecule has 202 valence electrons. The van der Waals surface area contributed by atoms with Gasteiger partial charge in [-0.15, -0.1) is 0 Å². The topological polar surface area (TPSA) is 107 Å². The molecule has 35 heavy (non-hydrogen) atoms. The molecule has 10 heteroatoms. The fourth-order valence-corrected chi connectivity index (χ4v) is 3.94. The highest BCUT2D eigenvalue weighted by Crippen LogP contribution is 2.26. The average Bonchev–Trinajstić information content (AvgIpc) is 3.04. The van der Waals surface area contributed by atoms with Crippen molar-refractivity contribution in [2.24, 2.45) is 0 Å².